The summed E-state index contributed by atoms with van der Waals surface area (Å²) in [5, 5.41) is 14.8. The summed E-state index contributed by atoms with van der Waals surface area (Å²) in [4.78, 5) is 28.7. The van der Waals surface area contributed by atoms with Crippen molar-refractivity contribution in [2.45, 2.75) is 38.7 Å². The second kappa shape index (κ2) is 9.44. The number of carbonyl (C=O) groups excluding carboxylic acids is 2. The molecule has 1 amide bonds. The van der Waals surface area contributed by atoms with Crippen LogP contribution < -0.4 is 5.32 Å². The highest BCUT2D eigenvalue weighted by molar-refractivity contribution is 7.18. The Morgan fingerprint density at radius 1 is 1.29 bits per heavy atom. The van der Waals surface area contributed by atoms with E-state index >= 15 is 0 Å². The third-order valence-corrected chi connectivity index (χ3v) is 5.99. The van der Waals surface area contributed by atoms with E-state index in [0.29, 0.717) is 17.0 Å². The van der Waals surface area contributed by atoms with Gasteiger partial charge in [0.05, 0.1) is 20.8 Å². The fourth-order valence-electron chi connectivity index (χ4n) is 2.59. The van der Waals surface area contributed by atoms with Gasteiger partial charge in [0, 0.05) is 6.42 Å². The molecule has 0 aliphatic rings. The molecule has 0 spiro atoms. The lowest BCUT2D eigenvalue weighted by molar-refractivity contribution is -0.153. The first-order chi connectivity index (χ1) is 13.6. The van der Waals surface area contributed by atoms with E-state index in [2.05, 4.69) is 16.4 Å². The minimum absolute atomic E-state index is 0.255. The molecule has 1 aromatic carbocycles. The topological polar surface area (TPSA) is 92.1 Å². The molecule has 0 bridgehead atoms. The number of anilines is 1. The molecule has 3 rings (SSSR count). The van der Waals surface area contributed by atoms with E-state index in [1.54, 1.807) is 22.8 Å². The Hall–Kier alpha value is -2.76. The first-order valence-electron chi connectivity index (χ1n) is 8.89. The van der Waals surface area contributed by atoms with Gasteiger partial charge in [0.2, 0.25) is 0 Å². The quantitative estimate of drug-likeness (QED) is 0.433. The molecule has 0 unspecified atom stereocenters. The van der Waals surface area contributed by atoms with Gasteiger partial charge in [-0.15, -0.1) is 22.7 Å². The second-order valence-corrected chi connectivity index (χ2v) is 8.21. The Bertz CT molecular complexity index is 986. The van der Waals surface area contributed by atoms with Crippen LogP contribution in [0, 0.1) is 11.3 Å². The molecule has 144 valence electrons. The van der Waals surface area contributed by atoms with Gasteiger partial charge in [0.25, 0.3) is 5.91 Å². The summed E-state index contributed by atoms with van der Waals surface area (Å²) in [7, 11) is 0. The van der Waals surface area contributed by atoms with Crippen molar-refractivity contribution >= 4 is 49.8 Å². The summed E-state index contributed by atoms with van der Waals surface area (Å²) in [6.45, 7) is 1.52. The van der Waals surface area contributed by atoms with Gasteiger partial charge in [-0.3, -0.25) is 9.59 Å². The lowest BCUT2D eigenvalue weighted by atomic mass is 10.2. The lowest BCUT2D eigenvalue weighted by Crippen LogP contribution is -2.29. The Morgan fingerprint density at radius 2 is 2.11 bits per heavy atom. The molecular weight excluding hydrogens is 394 g/mol. The Kier molecular flexibility index (Phi) is 6.74. The second-order valence-electron chi connectivity index (χ2n) is 6.18. The monoisotopic (exact) mass is 413 g/mol. The van der Waals surface area contributed by atoms with E-state index < -0.39 is 18.0 Å². The number of thiophene rings is 1. The number of nitrogens with one attached hydrogen (secondary N) is 1. The van der Waals surface area contributed by atoms with Gasteiger partial charge in [-0.05, 0) is 49.8 Å². The van der Waals surface area contributed by atoms with Crippen molar-refractivity contribution in [1.29, 1.82) is 5.26 Å². The summed E-state index contributed by atoms with van der Waals surface area (Å²) >= 11 is 2.93. The van der Waals surface area contributed by atoms with Crippen molar-refractivity contribution in [1.82, 2.24) is 4.98 Å². The summed E-state index contributed by atoms with van der Waals surface area (Å²) in [5.41, 5.74) is 1.40. The number of benzene rings is 1. The first-order valence-corrected chi connectivity index (χ1v) is 10.6. The number of rotatable bonds is 8. The molecule has 1 N–H and O–H groups in total. The van der Waals surface area contributed by atoms with Crippen LogP contribution in [0.4, 0.5) is 5.00 Å². The maximum absolute atomic E-state index is 12.1. The number of hydrogen-bond donors (Lipinski definition) is 1. The van der Waals surface area contributed by atoms with Crippen molar-refractivity contribution in [3.63, 3.8) is 0 Å². The number of aromatic nitrogens is 1. The maximum atomic E-state index is 12.1. The number of hydrogen-bond acceptors (Lipinski definition) is 7. The molecule has 0 saturated carbocycles. The number of para-hydroxylation sites is 1. The van der Waals surface area contributed by atoms with Gasteiger partial charge in [-0.1, -0.05) is 12.1 Å². The van der Waals surface area contributed by atoms with Crippen molar-refractivity contribution in [2.75, 3.05) is 5.32 Å². The zero-order valence-corrected chi connectivity index (χ0v) is 16.9. The minimum Gasteiger partial charge on any atom is -0.453 e. The maximum Gasteiger partial charge on any atom is 0.306 e. The third kappa shape index (κ3) is 5.15. The van der Waals surface area contributed by atoms with E-state index in [0.717, 1.165) is 23.4 Å². The number of nitrogens with zero attached hydrogens (tertiary/aromatic N) is 2. The summed E-state index contributed by atoms with van der Waals surface area (Å²) in [6.07, 6.45) is 1.66. The van der Waals surface area contributed by atoms with Crippen LogP contribution in [0.5, 0.6) is 0 Å². The Labute approximate surface area is 170 Å². The standard InChI is InChI=1S/C20H19N3O3S2/c1-13(19(25)23-20-14(12-21)10-11-27-20)26-18(24)9-5-4-8-17-22-15-6-2-3-7-16(15)28-17/h2-3,6-7,10-11,13H,4-5,8-9H2,1H3,(H,23,25)/t13-/m1/s1. The van der Waals surface area contributed by atoms with Crippen LogP contribution in [-0.2, 0) is 20.7 Å². The molecule has 3 aromatic rings. The van der Waals surface area contributed by atoms with Gasteiger partial charge < -0.3 is 10.1 Å². The third-order valence-electron chi connectivity index (χ3n) is 4.06. The fraction of sp³-hybridized carbons (Fsp3) is 0.300. The average Bonchev–Trinajstić information content (AvgIpc) is 3.30. The van der Waals surface area contributed by atoms with Gasteiger partial charge >= 0.3 is 5.97 Å². The molecule has 0 aliphatic carbocycles. The van der Waals surface area contributed by atoms with E-state index in [1.165, 1.54) is 23.0 Å². The van der Waals surface area contributed by atoms with Crippen molar-refractivity contribution in [3.05, 3.63) is 46.3 Å². The number of aryl methyl sites for hydroxylation is 1. The fourth-order valence-corrected chi connectivity index (χ4v) is 4.34. The molecule has 2 heterocycles. The number of esters is 1. The van der Waals surface area contributed by atoms with Gasteiger partial charge in [-0.25, -0.2) is 4.98 Å². The molecule has 1 atom stereocenters. The van der Waals surface area contributed by atoms with Crippen LogP contribution in [0.3, 0.4) is 0 Å². The van der Waals surface area contributed by atoms with Crippen molar-refractivity contribution in [3.8, 4) is 6.07 Å². The number of ether oxygens (including phenoxy) is 1. The van der Waals surface area contributed by atoms with Crippen LogP contribution in [-0.4, -0.2) is 23.0 Å². The summed E-state index contributed by atoms with van der Waals surface area (Å²) < 4.78 is 6.36. The Morgan fingerprint density at radius 3 is 2.89 bits per heavy atom. The van der Waals surface area contributed by atoms with Crippen molar-refractivity contribution < 1.29 is 14.3 Å². The van der Waals surface area contributed by atoms with E-state index in [9.17, 15) is 9.59 Å². The molecular formula is C20H19N3O3S2. The highest BCUT2D eigenvalue weighted by atomic mass is 32.1. The van der Waals surface area contributed by atoms with E-state index in [1.807, 2.05) is 24.3 Å². The van der Waals surface area contributed by atoms with Gasteiger partial charge in [0.1, 0.15) is 11.1 Å². The van der Waals surface area contributed by atoms with Crippen LogP contribution in [0.2, 0.25) is 0 Å². The zero-order valence-electron chi connectivity index (χ0n) is 15.3. The largest absolute Gasteiger partial charge is 0.453 e. The molecule has 0 radical (unpaired) electrons. The SMILES string of the molecule is C[C@@H](OC(=O)CCCCc1nc2ccccc2s1)C(=O)Nc1sccc1C#N. The molecule has 2 aromatic heterocycles. The van der Waals surface area contributed by atoms with E-state index in [-0.39, 0.29) is 6.42 Å². The van der Waals surface area contributed by atoms with Crippen LogP contribution in [0.15, 0.2) is 35.7 Å². The van der Waals surface area contributed by atoms with Crippen LogP contribution in [0.25, 0.3) is 10.2 Å². The molecule has 6 nitrogen and oxygen atoms in total. The van der Waals surface area contributed by atoms with Crippen LogP contribution >= 0.6 is 22.7 Å². The molecule has 8 heteroatoms. The summed E-state index contributed by atoms with van der Waals surface area (Å²) in [5.74, 6) is -0.847. The number of fused-ring (bicyclic) bond motifs is 1. The number of carbonyl (C=O) groups is 2. The lowest BCUT2D eigenvalue weighted by Gasteiger charge is -2.12. The Balaban J connectivity index is 1.38. The predicted octanol–water partition coefficient (Wildman–Crippen LogP) is 4.51. The average molecular weight is 414 g/mol. The predicted molar refractivity (Wildman–Crippen MR) is 110 cm³/mol. The highest BCUT2D eigenvalue weighted by Gasteiger charge is 2.19. The molecule has 28 heavy (non-hydrogen) atoms. The smallest absolute Gasteiger partial charge is 0.306 e. The molecule has 0 fully saturated rings. The molecule has 0 saturated heterocycles. The van der Waals surface area contributed by atoms with Crippen LogP contribution in [0.1, 0.15) is 36.8 Å². The minimum atomic E-state index is -0.912. The van der Waals surface area contributed by atoms with Gasteiger partial charge in [0.15, 0.2) is 6.10 Å². The zero-order chi connectivity index (χ0) is 19.9. The molecule has 0 aliphatic heterocycles. The highest BCUT2D eigenvalue weighted by Crippen LogP contribution is 2.23. The first kappa shape index (κ1) is 20.0. The summed E-state index contributed by atoms with van der Waals surface area (Å²) in [6, 6.07) is 11.6. The number of thiazole rings is 1. The van der Waals surface area contributed by atoms with Gasteiger partial charge in [-0.2, -0.15) is 5.26 Å². The van der Waals surface area contributed by atoms with Crippen molar-refractivity contribution in [2.24, 2.45) is 0 Å². The number of nitriles is 1. The normalized spacial score (nSPS) is 11.7. The number of unbranched alkanes of at least 4 members (excludes halogenated alkanes) is 1. The van der Waals surface area contributed by atoms with E-state index in [4.69, 9.17) is 10.00 Å². The number of amides is 1.